The van der Waals surface area contributed by atoms with Crippen LogP contribution in [0.4, 0.5) is 0 Å². The van der Waals surface area contributed by atoms with Gasteiger partial charge in [0.15, 0.2) is 5.16 Å². The number of imidazole rings is 1. The number of para-hydroxylation sites is 1. The lowest BCUT2D eigenvalue weighted by atomic mass is 10.1. The normalized spacial score (nSPS) is 12.1. The number of hydrogen-bond donors (Lipinski definition) is 0. The molecule has 0 spiro atoms. The molecule has 32 heavy (non-hydrogen) atoms. The molecule has 2 aromatic carbocycles. The first kappa shape index (κ1) is 22.4. The molecule has 2 aromatic heterocycles. The second kappa shape index (κ2) is 9.75. The highest BCUT2D eigenvalue weighted by atomic mass is 79.9. The van der Waals surface area contributed by atoms with E-state index in [4.69, 9.17) is 14.1 Å². The predicted octanol–water partition coefficient (Wildman–Crippen LogP) is 5.84. The summed E-state index contributed by atoms with van der Waals surface area (Å²) in [6.07, 6.45) is 2.55. The van der Waals surface area contributed by atoms with E-state index in [0.717, 1.165) is 22.0 Å². The van der Waals surface area contributed by atoms with Crippen LogP contribution in [-0.4, -0.2) is 27.4 Å². The Kier molecular flexibility index (Phi) is 6.81. The Bertz CT molecular complexity index is 1310. The van der Waals surface area contributed by atoms with Crippen molar-refractivity contribution in [2.75, 3.05) is 6.61 Å². The fourth-order valence-electron chi connectivity index (χ4n) is 3.13. The summed E-state index contributed by atoms with van der Waals surface area (Å²) < 4.78 is 13.6. The second-order valence-corrected chi connectivity index (χ2v) is 9.39. The van der Waals surface area contributed by atoms with E-state index in [9.17, 15) is 9.59 Å². The summed E-state index contributed by atoms with van der Waals surface area (Å²) in [6.45, 7) is 4.12. The number of benzene rings is 2. The third-order valence-corrected chi connectivity index (χ3v) is 6.33. The number of esters is 1. The van der Waals surface area contributed by atoms with Gasteiger partial charge in [-0.1, -0.05) is 52.8 Å². The molecule has 0 aliphatic carbocycles. The van der Waals surface area contributed by atoms with Crippen LogP contribution in [0.1, 0.15) is 20.3 Å². The molecule has 8 heteroatoms. The Morgan fingerprint density at radius 1 is 1.22 bits per heavy atom. The highest BCUT2D eigenvalue weighted by Gasteiger charge is 2.22. The van der Waals surface area contributed by atoms with Crippen LogP contribution >= 0.6 is 27.7 Å². The van der Waals surface area contributed by atoms with Crippen LogP contribution in [-0.2, 0) is 9.53 Å². The molecular weight excluding hydrogens is 492 g/mol. The van der Waals surface area contributed by atoms with E-state index < -0.39 is 10.9 Å². The predicted molar refractivity (Wildman–Crippen MR) is 129 cm³/mol. The molecule has 0 saturated carbocycles. The number of nitrogens with zero attached hydrogens (tertiary/aromatic N) is 2. The molecule has 4 rings (SSSR count). The van der Waals surface area contributed by atoms with Crippen molar-refractivity contribution in [3.05, 3.63) is 75.7 Å². The molecule has 2 heterocycles. The van der Waals surface area contributed by atoms with Gasteiger partial charge in [0, 0.05) is 21.7 Å². The van der Waals surface area contributed by atoms with Crippen molar-refractivity contribution in [2.24, 2.45) is 0 Å². The summed E-state index contributed by atoms with van der Waals surface area (Å²) in [5.74, 6) is -0.297. The zero-order chi connectivity index (χ0) is 22.7. The van der Waals surface area contributed by atoms with Crippen molar-refractivity contribution < 1.29 is 13.9 Å². The molecule has 6 nitrogen and oxygen atoms in total. The Hall–Kier alpha value is -2.84. The lowest BCUT2D eigenvalue weighted by molar-refractivity contribution is -0.142. The molecule has 0 bridgehead atoms. The number of ether oxygens (including phenoxy) is 1. The zero-order valence-corrected chi connectivity index (χ0v) is 20.0. The summed E-state index contributed by atoms with van der Waals surface area (Å²) in [5, 5.41) is 0.931. The van der Waals surface area contributed by atoms with Crippen LogP contribution in [0.2, 0.25) is 0 Å². The summed E-state index contributed by atoms with van der Waals surface area (Å²) >= 11 is 4.74. The maximum Gasteiger partial charge on any atom is 0.345 e. The van der Waals surface area contributed by atoms with E-state index in [2.05, 4.69) is 15.9 Å². The van der Waals surface area contributed by atoms with Crippen LogP contribution in [0.25, 0.3) is 27.9 Å². The van der Waals surface area contributed by atoms with Crippen LogP contribution in [0.15, 0.2) is 79.6 Å². The molecule has 164 valence electrons. The van der Waals surface area contributed by atoms with E-state index in [-0.39, 0.29) is 5.97 Å². The van der Waals surface area contributed by atoms with Gasteiger partial charge >= 0.3 is 11.6 Å². The minimum Gasteiger partial charge on any atom is -0.465 e. The third-order valence-electron chi connectivity index (χ3n) is 4.76. The molecule has 4 aromatic rings. The molecule has 0 aliphatic heterocycles. The van der Waals surface area contributed by atoms with Gasteiger partial charge in [0.05, 0.1) is 17.9 Å². The molecule has 0 saturated heterocycles. The number of carbonyl (C=O) groups excluding carboxylic acids is 1. The molecular formula is C24H21BrN2O4S. The van der Waals surface area contributed by atoms with Gasteiger partial charge in [-0.05, 0) is 49.7 Å². The number of carbonyl (C=O) groups is 1. The van der Waals surface area contributed by atoms with Gasteiger partial charge in [-0.3, -0.25) is 9.36 Å². The minimum atomic E-state index is -0.462. The topological polar surface area (TPSA) is 74.3 Å². The molecule has 0 amide bonds. The van der Waals surface area contributed by atoms with Gasteiger partial charge in [-0.15, -0.1) is 0 Å². The van der Waals surface area contributed by atoms with Crippen molar-refractivity contribution in [1.29, 1.82) is 0 Å². The number of hydrogen-bond acceptors (Lipinski definition) is 6. The number of thioether (sulfide) groups is 1. The van der Waals surface area contributed by atoms with Crippen molar-refractivity contribution in [1.82, 2.24) is 9.55 Å². The first-order valence-electron chi connectivity index (χ1n) is 10.2. The average molecular weight is 513 g/mol. The Balaban J connectivity index is 1.77. The minimum absolute atomic E-state index is 0.297. The molecule has 0 aliphatic rings. The molecule has 0 radical (unpaired) electrons. The third kappa shape index (κ3) is 4.81. The van der Waals surface area contributed by atoms with Crippen molar-refractivity contribution >= 4 is 44.6 Å². The number of halogens is 1. The smallest absolute Gasteiger partial charge is 0.345 e. The number of fused-ring (bicyclic) bond motifs is 1. The van der Waals surface area contributed by atoms with Crippen LogP contribution in [0.3, 0.4) is 0 Å². The Morgan fingerprint density at radius 3 is 2.72 bits per heavy atom. The van der Waals surface area contributed by atoms with Gasteiger partial charge in [-0.25, -0.2) is 9.78 Å². The zero-order valence-electron chi connectivity index (χ0n) is 17.6. The average Bonchev–Trinajstić information content (AvgIpc) is 3.20. The first-order valence-corrected chi connectivity index (χ1v) is 11.9. The largest absolute Gasteiger partial charge is 0.465 e. The van der Waals surface area contributed by atoms with Gasteiger partial charge in [0.2, 0.25) is 0 Å². The molecule has 0 fully saturated rings. The molecule has 1 atom stereocenters. The van der Waals surface area contributed by atoms with Crippen molar-refractivity contribution in [3.8, 4) is 16.9 Å². The van der Waals surface area contributed by atoms with Crippen molar-refractivity contribution in [3.63, 3.8) is 0 Å². The Morgan fingerprint density at radius 2 is 1.97 bits per heavy atom. The van der Waals surface area contributed by atoms with E-state index in [1.807, 2.05) is 54.0 Å². The van der Waals surface area contributed by atoms with Crippen LogP contribution in [0, 0.1) is 0 Å². The fourth-order valence-corrected chi connectivity index (χ4v) is 4.30. The van der Waals surface area contributed by atoms with Gasteiger partial charge in [0.1, 0.15) is 10.8 Å². The summed E-state index contributed by atoms with van der Waals surface area (Å²) in [5.41, 5.74) is 1.76. The number of aromatic nitrogens is 2. The SMILES string of the molecule is CCCOC(=O)C(C)Sc1nc(-c2cc3ccccc3oc2=O)cn1-c1ccc(Br)cc1. The van der Waals surface area contributed by atoms with E-state index in [1.165, 1.54) is 11.8 Å². The highest BCUT2D eigenvalue weighted by Crippen LogP contribution is 2.30. The lowest BCUT2D eigenvalue weighted by Gasteiger charge is -2.12. The molecule has 0 N–H and O–H groups in total. The van der Waals surface area contributed by atoms with E-state index >= 15 is 0 Å². The first-order chi connectivity index (χ1) is 15.5. The fraction of sp³-hybridized carbons (Fsp3) is 0.208. The molecule has 1 unspecified atom stereocenters. The van der Waals surface area contributed by atoms with Gasteiger partial charge in [0.25, 0.3) is 0 Å². The van der Waals surface area contributed by atoms with E-state index in [1.54, 1.807) is 25.3 Å². The summed E-state index contributed by atoms with van der Waals surface area (Å²) in [4.78, 5) is 29.7. The lowest BCUT2D eigenvalue weighted by Crippen LogP contribution is -2.18. The van der Waals surface area contributed by atoms with Crippen LogP contribution in [0.5, 0.6) is 0 Å². The quantitative estimate of drug-likeness (QED) is 0.176. The summed E-state index contributed by atoms with van der Waals surface area (Å²) in [6, 6.07) is 16.8. The number of rotatable bonds is 7. The highest BCUT2D eigenvalue weighted by molar-refractivity contribution is 9.10. The van der Waals surface area contributed by atoms with Crippen LogP contribution < -0.4 is 5.63 Å². The van der Waals surface area contributed by atoms with Gasteiger partial charge < -0.3 is 9.15 Å². The Labute approximate surface area is 197 Å². The standard InChI is InChI=1S/C24H21BrN2O4S/c1-3-12-30-22(28)15(2)32-24-26-20(14-27(24)18-10-8-17(25)9-11-18)19-13-16-6-4-5-7-21(16)31-23(19)29/h4-11,13-15H,3,12H2,1-2H3. The van der Waals surface area contributed by atoms with E-state index in [0.29, 0.717) is 28.6 Å². The maximum absolute atomic E-state index is 12.7. The maximum atomic E-state index is 12.7. The van der Waals surface area contributed by atoms with Gasteiger partial charge in [-0.2, -0.15) is 0 Å². The monoisotopic (exact) mass is 512 g/mol. The second-order valence-electron chi connectivity index (χ2n) is 7.17. The summed E-state index contributed by atoms with van der Waals surface area (Å²) in [7, 11) is 0. The van der Waals surface area contributed by atoms with Crippen molar-refractivity contribution in [2.45, 2.75) is 30.7 Å².